The summed E-state index contributed by atoms with van der Waals surface area (Å²) in [6, 6.07) is 8.89. The van der Waals surface area contributed by atoms with Gasteiger partial charge in [0, 0.05) is 66.8 Å². The van der Waals surface area contributed by atoms with Gasteiger partial charge < -0.3 is 15.6 Å². The molecule has 0 spiro atoms. The highest BCUT2D eigenvalue weighted by Gasteiger charge is 2.33. The van der Waals surface area contributed by atoms with Gasteiger partial charge in [0.25, 0.3) is 0 Å². The van der Waals surface area contributed by atoms with Gasteiger partial charge in [0.05, 0.1) is 6.04 Å². The fourth-order valence-electron chi connectivity index (χ4n) is 5.14. The molecule has 3 aliphatic heterocycles. The number of hydrogen-bond acceptors (Lipinski definition) is 5. The van der Waals surface area contributed by atoms with Crippen LogP contribution in [0.25, 0.3) is 0 Å². The summed E-state index contributed by atoms with van der Waals surface area (Å²) in [5.41, 5.74) is 11.7. The van der Waals surface area contributed by atoms with E-state index in [0.29, 0.717) is 36.8 Å². The van der Waals surface area contributed by atoms with Crippen molar-refractivity contribution in [3.8, 4) is 0 Å². The van der Waals surface area contributed by atoms with E-state index in [1.807, 2.05) is 24.1 Å². The summed E-state index contributed by atoms with van der Waals surface area (Å²) in [4.78, 5) is 21.5. The number of urea groups is 1. The molecule has 1 saturated heterocycles. The second-order valence-electron chi connectivity index (χ2n) is 9.33. The Balaban J connectivity index is 1.20. The fourth-order valence-corrected chi connectivity index (χ4v) is 5.36. The molecular weight excluding hydrogens is 455 g/mol. The highest BCUT2D eigenvalue weighted by atomic mass is 35.5. The van der Waals surface area contributed by atoms with Crippen LogP contribution in [0.3, 0.4) is 0 Å². The molecule has 2 amide bonds. The average molecular weight is 485 g/mol. The van der Waals surface area contributed by atoms with Gasteiger partial charge in [-0.25, -0.2) is 14.6 Å². The SMILES string of the molecule is Cc1cc(C2NNC3=C2CN(C(=O)NC2CCCN(Cc4c(F)cccc4Cl)C2)CC3)ccn1. The van der Waals surface area contributed by atoms with Gasteiger partial charge in [-0.05, 0) is 61.7 Å². The number of piperidine rings is 1. The maximum atomic E-state index is 14.2. The van der Waals surface area contributed by atoms with Crippen molar-refractivity contribution >= 4 is 17.6 Å². The van der Waals surface area contributed by atoms with Crippen LogP contribution in [-0.4, -0.2) is 53.0 Å². The number of nitrogens with zero attached hydrogens (tertiary/aromatic N) is 3. The lowest BCUT2D eigenvalue weighted by Crippen LogP contribution is -2.52. The molecule has 7 nitrogen and oxygen atoms in total. The Morgan fingerprint density at radius 2 is 2.21 bits per heavy atom. The predicted octanol–water partition coefficient (Wildman–Crippen LogP) is 3.67. The molecule has 2 atom stereocenters. The van der Waals surface area contributed by atoms with Gasteiger partial charge in [-0.3, -0.25) is 9.88 Å². The number of amides is 2. The number of carbonyl (C=O) groups excluding carboxylic acids is 1. The van der Waals surface area contributed by atoms with Gasteiger partial charge in [0.2, 0.25) is 0 Å². The van der Waals surface area contributed by atoms with E-state index in [4.69, 9.17) is 11.6 Å². The molecule has 3 aliphatic rings. The summed E-state index contributed by atoms with van der Waals surface area (Å²) < 4.78 is 14.2. The first-order chi connectivity index (χ1) is 16.5. The number of benzene rings is 1. The van der Waals surface area contributed by atoms with Crippen molar-refractivity contribution in [2.24, 2.45) is 0 Å². The van der Waals surface area contributed by atoms with Crippen LogP contribution in [0.2, 0.25) is 5.02 Å². The van der Waals surface area contributed by atoms with E-state index < -0.39 is 0 Å². The second kappa shape index (κ2) is 9.90. The minimum absolute atomic E-state index is 0.0284. The standard InChI is InChI=1S/C25H30ClFN6O/c1-16-12-17(7-9-28-16)24-20-15-33(11-8-23(20)30-31-24)25(34)29-18-4-3-10-32(13-18)14-19-21(26)5-2-6-22(19)27/h2,5-7,9,12,18,24,30-31H,3-4,8,10-11,13-15H2,1H3,(H,29,34). The summed E-state index contributed by atoms with van der Waals surface area (Å²) in [6.45, 7) is 5.22. The molecule has 3 N–H and O–H groups in total. The minimum atomic E-state index is -0.284. The third kappa shape index (κ3) is 4.89. The van der Waals surface area contributed by atoms with Crippen LogP contribution in [0.4, 0.5) is 9.18 Å². The number of carbonyl (C=O) groups is 1. The van der Waals surface area contributed by atoms with Crippen LogP contribution in [0, 0.1) is 12.7 Å². The number of aryl methyl sites for hydroxylation is 1. The first-order valence-electron chi connectivity index (χ1n) is 11.8. The largest absolute Gasteiger partial charge is 0.334 e. The molecule has 4 heterocycles. The number of nitrogens with one attached hydrogen (secondary N) is 3. The normalized spacial score (nSPS) is 23.0. The van der Waals surface area contributed by atoms with Crippen LogP contribution in [-0.2, 0) is 6.54 Å². The maximum Gasteiger partial charge on any atom is 0.317 e. The van der Waals surface area contributed by atoms with Crippen molar-refractivity contribution in [3.63, 3.8) is 0 Å². The second-order valence-corrected chi connectivity index (χ2v) is 9.74. The molecule has 2 aromatic rings. The Morgan fingerprint density at radius 3 is 3.03 bits per heavy atom. The lowest BCUT2D eigenvalue weighted by Gasteiger charge is -2.36. The summed E-state index contributed by atoms with van der Waals surface area (Å²) in [7, 11) is 0. The Hall–Kier alpha value is -2.68. The maximum absolute atomic E-state index is 14.2. The van der Waals surface area contributed by atoms with Crippen molar-refractivity contribution in [2.75, 3.05) is 26.2 Å². The number of aromatic nitrogens is 1. The van der Waals surface area contributed by atoms with E-state index in [1.165, 1.54) is 17.3 Å². The Morgan fingerprint density at radius 1 is 1.32 bits per heavy atom. The van der Waals surface area contributed by atoms with Gasteiger partial charge in [-0.1, -0.05) is 17.7 Å². The van der Waals surface area contributed by atoms with Crippen LogP contribution < -0.4 is 16.2 Å². The molecule has 2 unspecified atom stereocenters. The zero-order valence-electron chi connectivity index (χ0n) is 19.3. The zero-order valence-corrected chi connectivity index (χ0v) is 20.0. The van der Waals surface area contributed by atoms with Crippen molar-refractivity contribution in [1.82, 2.24) is 31.0 Å². The molecule has 1 fully saturated rings. The molecule has 9 heteroatoms. The Kier molecular flexibility index (Phi) is 6.72. The molecule has 180 valence electrons. The topological polar surface area (TPSA) is 72.5 Å². The van der Waals surface area contributed by atoms with E-state index >= 15 is 0 Å². The molecule has 0 bridgehead atoms. The monoisotopic (exact) mass is 484 g/mol. The Bertz CT molecular complexity index is 1090. The predicted molar refractivity (Wildman–Crippen MR) is 129 cm³/mol. The number of likely N-dealkylation sites (tertiary alicyclic amines) is 1. The van der Waals surface area contributed by atoms with Gasteiger partial charge in [0.1, 0.15) is 5.82 Å². The Labute approximate surface area is 204 Å². The number of hydrogen-bond donors (Lipinski definition) is 3. The van der Waals surface area contributed by atoms with E-state index in [0.717, 1.165) is 37.1 Å². The van der Waals surface area contributed by atoms with Gasteiger partial charge in [-0.2, -0.15) is 0 Å². The summed E-state index contributed by atoms with van der Waals surface area (Å²) in [5, 5.41) is 3.67. The van der Waals surface area contributed by atoms with E-state index in [9.17, 15) is 9.18 Å². The smallest absolute Gasteiger partial charge is 0.317 e. The molecule has 0 saturated carbocycles. The molecule has 0 aliphatic carbocycles. The quantitative estimate of drug-likeness (QED) is 0.617. The third-order valence-corrected chi connectivity index (χ3v) is 7.27. The first kappa shape index (κ1) is 23.1. The third-order valence-electron chi connectivity index (χ3n) is 6.91. The van der Waals surface area contributed by atoms with E-state index in [2.05, 4.69) is 32.1 Å². The van der Waals surface area contributed by atoms with Crippen molar-refractivity contribution in [2.45, 2.75) is 44.8 Å². The summed E-state index contributed by atoms with van der Waals surface area (Å²) >= 11 is 6.22. The summed E-state index contributed by atoms with van der Waals surface area (Å²) in [6.07, 6.45) is 4.47. The van der Waals surface area contributed by atoms with Crippen LogP contribution >= 0.6 is 11.6 Å². The number of pyridine rings is 1. The van der Waals surface area contributed by atoms with Crippen molar-refractivity contribution < 1.29 is 9.18 Å². The van der Waals surface area contributed by atoms with Crippen molar-refractivity contribution in [3.05, 3.63) is 75.5 Å². The number of rotatable bonds is 4. The highest BCUT2D eigenvalue weighted by Crippen LogP contribution is 2.32. The zero-order chi connectivity index (χ0) is 23.7. The van der Waals surface area contributed by atoms with Crippen molar-refractivity contribution in [1.29, 1.82) is 0 Å². The first-order valence-corrected chi connectivity index (χ1v) is 12.2. The van der Waals surface area contributed by atoms with E-state index in [-0.39, 0.29) is 23.9 Å². The van der Waals surface area contributed by atoms with Gasteiger partial charge >= 0.3 is 6.03 Å². The number of hydrazine groups is 1. The lowest BCUT2D eigenvalue weighted by molar-refractivity contribution is 0.163. The van der Waals surface area contributed by atoms with Crippen LogP contribution in [0.15, 0.2) is 47.8 Å². The molecule has 1 aromatic heterocycles. The highest BCUT2D eigenvalue weighted by molar-refractivity contribution is 6.31. The van der Waals surface area contributed by atoms with Crippen LogP contribution in [0.1, 0.15) is 42.1 Å². The molecule has 5 rings (SSSR count). The molecule has 1 aromatic carbocycles. The minimum Gasteiger partial charge on any atom is -0.334 e. The van der Waals surface area contributed by atoms with Crippen LogP contribution in [0.5, 0.6) is 0 Å². The summed E-state index contributed by atoms with van der Waals surface area (Å²) in [5.74, 6) is -0.284. The molecular formula is C25H30ClFN6O. The average Bonchev–Trinajstić information content (AvgIpc) is 3.25. The van der Waals surface area contributed by atoms with Gasteiger partial charge in [0.15, 0.2) is 0 Å². The lowest BCUT2D eigenvalue weighted by atomic mass is 9.95. The number of halogens is 2. The van der Waals surface area contributed by atoms with E-state index in [1.54, 1.807) is 12.1 Å². The molecule has 0 radical (unpaired) electrons. The fraction of sp³-hybridized carbons (Fsp3) is 0.440. The molecule has 34 heavy (non-hydrogen) atoms. The van der Waals surface area contributed by atoms with Gasteiger partial charge in [-0.15, -0.1) is 0 Å².